The standard InChI is InChI=1S/C10H24N2/c1-5-10(6-2)11-8-9-12(4)7-3/h10-11H,5-9H2,1-4H3. The lowest BCUT2D eigenvalue weighted by Gasteiger charge is -2.18. The third-order valence-corrected chi connectivity index (χ3v) is 2.45. The lowest BCUT2D eigenvalue weighted by molar-refractivity contribution is 0.336. The molecular formula is C10H24N2. The van der Waals surface area contributed by atoms with Crippen molar-refractivity contribution in [1.29, 1.82) is 0 Å². The van der Waals surface area contributed by atoms with Crippen LogP contribution >= 0.6 is 0 Å². The van der Waals surface area contributed by atoms with E-state index < -0.39 is 0 Å². The summed E-state index contributed by atoms with van der Waals surface area (Å²) in [5.41, 5.74) is 0. The van der Waals surface area contributed by atoms with Gasteiger partial charge in [0, 0.05) is 19.1 Å². The van der Waals surface area contributed by atoms with Crippen molar-refractivity contribution in [1.82, 2.24) is 10.2 Å². The minimum atomic E-state index is 0.718. The Labute approximate surface area is 77.3 Å². The zero-order valence-electron chi connectivity index (χ0n) is 9.06. The molecule has 0 amide bonds. The Hall–Kier alpha value is -0.0800. The van der Waals surface area contributed by atoms with Crippen LogP contribution in [-0.2, 0) is 0 Å². The summed E-state index contributed by atoms with van der Waals surface area (Å²) in [6, 6.07) is 0.718. The number of hydrogen-bond donors (Lipinski definition) is 1. The van der Waals surface area contributed by atoms with E-state index in [9.17, 15) is 0 Å². The maximum Gasteiger partial charge on any atom is 0.0104 e. The molecule has 0 fully saturated rings. The molecule has 1 N–H and O–H groups in total. The molecule has 0 aliphatic heterocycles. The Morgan fingerprint density at radius 2 is 1.75 bits per heavy atom. The predicted molar refractivity (Wildman–Crippen MR) is 55.5 cm³/mol. The topological polar surface area (TPSA) is 15.3 Å². The van der Waals surface area contributed by atoms with Gasteiger partial charge >= 0.3 is 0 Å². The molecule has 0 aromatic carbocycles. The molecule has 0 unspecified atom stereocenters. The van der Waals surface area contributed by atoms with Gasteiger partial charge in [0.2, 0.25) is 0 Å². The van der Waals surface area contributed by atoms with Crippen LogP contribution in [0.15, 0.2) is 0 Å². The smallest absolute Gasteiger partial charge is 0.0104 e. The van der Waals surface area contributed by atoms with Gasteiger partial charge in [-0.05, 0) is 26.4 Å². The van der Waals surface area contributed by atoms with Gasteiger partial charge < -0.3 is 10.2 Å². The van der Waals surface area contributed by atoms with Crippen LogP contribution in [0.2, 0.25) is 0 Å². The predicted octanol–water partition coefficient (Wildman–Crippen LogP) is 1.72. The summed E-state index contributed by atoms with van der Waals surface area (Å²) in [6.45, 7) is 10.1. The highest BCUT2D eigenvalue weighted by atomic mass is 15.1. The molecule has 2 heteroatoms. The van der Waals surface area contributed by atoms with Crippen LogP contribution in [0.25, 0.3) is 0 Å². The van der Waals surface area contributed by atoms with Crippen LogP contribution in [0.4, 0.5) is 0 Å². The lowest BCUT2D eigenvalue weighted by Crippen LogP contribution is -2.35. The molecule has 0 bridgehead atoms. The molecule has 0 rings (SSSR count). The van der Waals surface area contributed by atoms with Gasteiger partial charge in [0.15, 0.2) is 0 Å². The van der Waals surface area contributed by atoms with Crippen LogP contribution in [0.1, 0.15) is 33.6 Å². The van der Waals surface area contributed by atoms with Crippen molar-refractivity contribution in [2.75, 3.05) is 26.7 Å². The van der Waals surface area contributed by atoms with E-state index in [1.54, 1.807) is 0 Å². The molecule has 0 saturated heterocycles. The van der Waals surface area contributed by atoms with E-state index in [1.807, 2.05) is 0 Å². The van der Waals surface area contributed by atoms with Crippen molar-refractivity contribution in [3.8, 4) is 0 Å². The molecule has 0 spiro atoms. The first-order valence-corrected chi connectivity index (χ1v) is 5.16. The van der Waals surface area contributed by atoms with E-state index in [2.05, 4.69) is 38.0 Å². The first-order chi connectivity index (χ1) is 5.74. The Morgan fingerprint density at radius 1 is 1.17 bits per heavy atom. The van der Waals surface area contributed by atoms with Crippen LogP contribution in [0.5, 0.6) is 0 Å². The molecule has 74 valence electrons. The fraction of sp³-hybridized carbons (Fsp3) is 1.00. The third kappa shape index (κ3) is 5.56. The zero-order valence-corrected chi connectivity index (χ0v) is 9.06. The average Bonchev–Trinajstić information content (AvgIpc) is 2.12. The molecule has 0 aromatic rings. The summed E-state index contributed by atoms with van der Waals surface area (Å²) in [5.74, 6) is 0. The number of rotatable bonds is 7. The van der Waals surface area contributed by atoms with E-state index in [0.717, 1.165) is 25.7 Å². The molecule has 0 aromatic heterocycles. The fourth-order valence-electron chi connectivity index (χ4n) is 1.19. The fourth-order valence-corrected chi connectivity index (χ4v) is 1.19. The highest BCUT2D eigenvalue weighted by Crippen LogP contribution is 1.94. The van der Waals surface area contributed by atoms with Crippen LogP contribution < -0.4 is 5.32 Å². The quantitative estimate of drug-likeness (QED) is 0.629. The summed E-state index contributed by atoms with van der Waals surface area (Å²) >= 11 is 0. The summed E-state index contributed by atoms with van der Waals surface area (Å²) in [5, 5.41) is 3.54. The number of hydrogen-bond acceptors (Lipinski definition) is 2. The van der Waals surface area contributed by atoms with Crippen molar-refractivity contribution in [2.24, 2.45) is 0 Å². The van der Waals surface area contributed by atoms with E-state index in [-0.39, 0.29) is 0 Å². The van der Waals surface area contributed by atoms with E-state index >= 15 is 0 Å². The zero-order chi connectivity index (χ0) is 9.40. The van der Waals surface area contributed by atoms with E-state index in [4.69, 9.17) is 0 Å². The molecule has 0 atom stereocenters. The molecule has 0 saturated carbocycles. The van der Waals surface area contributed by atoms with E-state index in [0.29, 0.717) is 0 Å². The van der Waals surface area contributed by atoms with Crippen molar-refractivity contribution in [2.45, 2.75) is 39.7 Å². The highest BCUT2D eigenvalue weighted by molar-refractivity contribution is 4.63. The van der Waals surface area contributed by atoms with Gasteiger partial charge in [-0.15, -0.1) is 0 Å². The first-order valence-electron chi connectivity index (χ1n) is 5.16. The summed E-state index contributed by atoms with van der Waals surface area (Å²) in [7, 11) is 2.16. The average molecular weight is 172 g/mol. The monoisotopic (exact) mass is 172 g/mol. The van der Waals surface area contributed by atoms with Gasteiger partial charge in [-0.2, -0.15) is 0 Å². The second-order valence-electron chi connectivity index (χ2n) is 3.36. The number of nitrogens with one attached hydrogen (secondary N) is 1. The van der Waals surface area contributed by atoms with Gasteiger partial charge in [0.1, 0.15) is 0 Å². The van der Waals surface area contributed by atoms with Crippen LogP contribution in [0, 0.1) is 0 Å². The Bertz CT molecular complexity index is 89.8. The van der Waals surface area contributed by atoms with Gasteiger partial charge in [-0.1, -0.05) is 20.8 Å². The maximum atomic E-state index is 3.54. The normalized spacial score (nSPS) is 11.5. The first kappa shape index (κ1) is 11.9. The molecule has 0 heterocycles. The summed E-state index contributed by atoms with van der Waals surface area (Å²) in [6.07, 6.45) is 2.48. The van der Waals surface area contributed by atoms with Gasteiger partial charge in [-0.3, -0.25) is 0 Å². The van der Waals surface area contributed by atoms with Crippen molar-refractivity contribution >= 4 is 0 Å². The maximum absolute atomic E-state index is 3.54. The van der Waals surface area contributed by atoms with Gasteiger partial charge in [0.25, 0.3) is 0 Å². The summed E-state index contributed by atoms with van der Waals surface area (Å²) < 4.78 is 0. The largest absolute Gasteiger partial charge is 0.313 e. The molecule has 0 aliphatic carbocycles. The van der Waals surface area contributed by atoms with Crippen molar-refractivity contribution in [3.05, 3.63) is 0 Å². The number of likely N-dealkylation sites (N-methyl/N-ethyl adjacent to an activating group) is 1. The molecule has 12 heavy (non-hydrogen) atoms. The summed E-state index contributed by atoms with van der Waals surface area (Å²) in [4.78, 5) is 2.33. The molecule has 0 aliphatic rings. The third-order valence-electron chi connectivity index (χ3n) is 2.45. The van der Waals surface area contributed by atoms with Crippen LogP contribution in [0.3, 0.4) is 0 Å². The SMILES string of the molecule is CCC(CC)NCCN(C)CC. The highest BCUT2D eigenvalue weighted by Gasteiger charge is 2.01. The van der Waals surface area contributed by atoms with Crippen molar-refractivity contribution in [3.63, 3.8) is 0 Å². The van der Waals surface area contributed by atoms with Gasteiger partial charge in [0.05, 0.1) is 0 Å². The van der Waals surface area contributed by atoms with E-state index in [1.165, 1.54) is 12.8 Å². The Morgan fingerprint density at radius 3 is 2.17 bits per heavy atom. The minimum absolute atomic E-state index is 0.718. The lowest BCUT2D eigenvalue weighted by atomic mass is 10.2. The molecular weight excluding hydrogens is 148 g/mol. The molecule has 0 radical (unpaired) electrons. The number of nitrogens with zero attached hydrogens (tertiary/aromatic N) is 1. The Balaban J connectivity index is 3.28. The Kier molecular flexibility index (Phi) is 7.51. The van der Waals surface area contributed by atoms with Gasteiger partial charge in [-0.25, -0.2) is 0 Å². The van der Waals surface area contributed by atoms with Crippen LogP contribution in [-0.4, -0.2) is 37.6 Å². The van der Waals surface area contributed by atoms with Crippen molar-refractivity contribution < 1.29 is 0 Å². The second kappa shape index (κ2) is 7.56. The second-order valence-corrected chi connectivity index (χ2v) is 3.36. The molecule has 2 nitrogen and oxygen atoms in total. The minimum Gasteiger partial charge on any atom is -0.313 e.